The Kier molecular flexibility index (Phi) is 5.21. The van der Waals surface area contributed by atoms with Gasteiger partial charge in [0, 0.05) is 25.7 Å². The molecule has 2 aliphatic rings. The average Bonchev–Trinajstić information content (AvgIpc) is 3.07. The lowest BCUT2D eigenvalue weighted by atomic mass is 10.3. The van der Waals surface area contributed by atoms with Crippen molar-refractivity contribution >= 4 is 24.2 Å². The van der Waals surface area contributed by atoms with Crippen molar-refractivity contribution in [3.05, 3.63) is 0 Å². The van der Waals surface area contributed by atoms with Crippen LogP contribution in [0.15, 0.2) is 0 Å². The maximum absolute atomic E-state index is 12.0. The molecule has 1 saturated carbocycles. The fourth-order valence-electron chi connectivity index (χ4n) is 2.09. The Bertz CT molecular complexity index is 294. The first-order chi connectivity index (χ1) is 7.72. The zero-order valence-electron chi connectivity index (χ0n) is 10.1. The van der Waals surface area contributed by atoms with Gasteiger partial charge in [0.1, 0.15) is 0 Å². The summed E-state index contributed by atoms with van der Waals surface area (Å²) in [5.41, 5.74) is 0. The van der Waals surface area contributed by atoms with E-state index in [1.54, 1.807) is 4.90 Å². The third kappa shape index (κ3) is 3.57. The van der Waals surface area contributed by atoms with E-state index >= 15 is 0 Å². The van der Waals surface area contributed by atoms with Crippen molar-refractivity contribution in [2.24, 2.45) is 0 Å². The number of nitrogens with zero attached hydrogens (tertiary/aromatic N) is 2. The summed E-state index contributed by atoms with van der Waals surface area (Å²) in [7, 11) is 0. The Hall–Kier alpha value is -0.810. The van der Waals surface area contributed by atoms with Crippen molar-refractivity contribution in [1.29, 1.82) is 0 Å². The minimum Gasteiger partial charge on any atom is -0.338 e. The monoisotopic (exact) mass is 261 g/mol. The van der Waals surface area contributed by atoms with Crippen LogP contribution in [0.5, 0.6) is 0 Å². The van der Waals surface area contributed by atoms with Gasteiger partial charge in [-0.25, -0.2) is 0 Å². The molecular weight excluding hydrogens is 242 g/mol. The van der Waals surface area contributed by atoms with Crippen molar-refractivity contribution in [3.8, 4) is 0 Å². The van der Waals surface area contributed by atoms with Gasteiger partial charge in [-0.15, -0.1) is 12.4 Å². The molecule has 0 aromatic carbocycles. The van der Waals surface area contributed by atoms with Crippen LogP contribution in [0.25, 0.3) is 0 Å². The fourth-order valence-corrected chi connectivity index (χ4v) is 2.09. The predicted octanol–water partition coefficient (Wildman–Crippen LogP) is -0.149. The van der Waals surface area contributed by atoms with Gasteiger partial charge in [-0.2, -0.15) is 0 Å². The molecule has 6 heteroatoms. The van der Waals surface area contributed by atoms with Crippen molar-refractivity contribution in [3.63, 3.8) is 0 Å². The number of piperazine rings is 1. The number of likely N-dealkylation sites (N-methyl/N-ethyl adjacent to an activating group) is 1. The Labute approximate surface area is 108 Å². The van der Waals surface area contributed by atoms with E-state index in [2.05, 4.69) is 5.32 Å². The highest BCUT2D eigenvalue weighted by Crippen LogP contribution is 2.26. The Balaban J connectivity index is 0.00000144. The van der Waals surface area contributed by atoms with Crippen molar-refractivity contribution < 1.29 is 9.59 Å². The molecule has 98 valence electrons. The summed E-state index contributed by atoms with van der Waals surface area (Å²) in [6.45, 7) is 4.80. The third-order valence-electron chi connectivity index (χ3n) is 3.16. The van der Waals surface area contributed by atoms with E-state index in [4.69, 9.17) is 0 Å². The maximum atomic E-state index is 12.0. The molecule has 1 heterocycles. The van der Waals surface area contributed by atoms with Gasteiger partial charge < -0.3 is 15.1 Å². The molecule has 0 atom stereocenters. The fraction of sp³-hybridized carbons (Fsp3) is 0.818. The molecular formula is C11H20ClN3O2. The molecule has 1 aliphatic heterocycles. The third-order valence-corrected chi connectivity index (χ3v) is 3.16. The van der Waals surface area contributed by atoms with E-state index in [0.29, 0.717) is 19.1 Å². The van der Waals surface area contributed by atoms with E-state index in [0.717, 1.165) is 25.9 Å². The van der Waals surface area contributed by atoms with Crippen LogP contribution in [0.3, 0.4) is 0 Å². The topological polar surface area (TPSA) is 52.7 Å². The van der Waals surface area contributed by atoms with Gasteiger partial charge in [0.15, 0.2) is 0 Å². The zero-order chi connectivity index (χ0) is 11.5. The highest BCUT2D eigenvalue weighted by Gasteiger charge is 2.32. The number of carbonyl (C=O) groups is 2. The number of carbonyl (C=O) groups excluding carboxylic acids is 2. The summed E-state index contributed by atoms with van der Waals surface area (Å²) in [5, 5.41) is 3.00. The number of rotatable bonds is 4. The van der Waals surface area contributed by atoms with Gasteiger partial charge in [-0.1, -0.05) is 0 Å². The molecule has 0 aromatic heterocycles. The Morgan fingerprint density at radius 2 is 2.24 bits per heavy atom. The first-order valence-electron chi connectivity index (χ1n) is 6.00. The Morgan fingerprint density at radius 1 is 1.53 bits per heavy atom. The highest BCUT2D eigenvalue weighted by molar-refractivity contribution is 5.86. The standard InChI is InChI=1S/C11H19N3O2.ClH/c1-2-14(9-3-4-9)11(16)8-13-6-5-12-7-10(13)15;/h9,12H,2-8H2,1H3;1H. The minimum atomic E-state index is 0. The summed E-state index contributed by atoms with van der Waals surface area (Å²) in [4.78, 5) is 27.1. The lowest BCUT2D eigenvalue weighted by Gasteiger charge is -2.29. The highest BCUT2D eigenvalue weighted by atomic mass is 35.5. The van der Waals surface area contributed by atoms with E-state index in [1.807, 2.05) is 11.8 Å². The molecule has 0 aromatic rings. The van der Waals surface area contributed by atoms with E-state index < -0.39 is 0 Å². The summed E-state index contributed by atoms with van der Waals surface area (Å²) in [5.74, 6) is 0.131. The van der Waals surface area contributed by atoms with Gasteiger partial charge in [0.2, 0.25) is 11.8 Å². The second-order valence-electron chi connectivity index (χ2n) is 4.40. The van der Waals surface area contributed by atoms with Crippen LogP contribution in [0, 0.1) is 0 Å². The molecule has 0 bridgehead atoms. The zero-order valence-corrected chi connectivity index (χ0v) is 11.0. The minimum absolute atomic E-state index is 0. The molecule has 2 fully saturated rings. The lowest BCUT2D eigenvalue weighted by Crippen LogP contribution is -2.52. The molecule has 2 rings (SSSR count). The van der Waals surface area contributed by atoms with Crippen LogP contribution in [0.4, 0.5) is 0 Å². The number of hydrogen-bond acceptors (Lipinski definition) is 3. The Morgan fingerprint density at radius 3 is 2.76 bits per heavy atom. The van der Waals surface area contributed by atoms with Gasteiger partial charge in [0.25, 0.3) is 0 Å². The van der Waals surface area contributed by atoms with Crippen LogP contribution >= 0.6 is 12.4 Å². The molecule has 2 amide bonds. The summed E-state index contributed by atoms with van der Waals surface area (Å²) >= 11 is 0. The summed E-state index contributed by atoms with van der Waals surface area (Å²) in [6.07, 6.45) is 2.24. The first kappa shape index (κ1) is 14.3. The molecule has 0 unspecified atom stereocenters. The molecule has 5 nitrogen and oxygen atoms in total. The first-order valence-corrected chi connectivity index (χ1v) is 6.00. The van der Waals surface area contributed by atoms with E-state index in [9.17, 15) is 9.59 Å². The normalized spacial score (nSPS) is 19.8. The van der Waals surface area contributed by atoms with E-state index in [1.165, 1.54) is 0 Å². The van der Waals surface area contributed by atoms with Crippen molar-refractivity contribution in [2.45, 2.75) is 25.8 Å². The van der Waals surface area contributed by atoms with Crippen LogP contribution in [0.1, 0.15) is 19.8 Å². The number of nitrogens with one attached hydrogen (secondary N) is 1. The van der Waals surface area contributed by atoms with Crippen LogP contribution in [0.2, 0.25) is 0 Å². The quantitative estimate of drug-likeness (QED) is 0.766. The molecule has 0 spiro atoms. The largest absolute Gasteiger partial charge is 0.338 e. The van der Waals surface area contributed by atoms with Gasteiger partial charge in [0.05, 0.1) is 13.1 Å². The lowest BCUT2D eigenvalue weighted by molar-refractivity contribution is -0.141. The second-order valence-corrected chi connectivity index (χ2v) is 4.40. The molecule has 1 aliphatic carbocycles. The second kappa shape index (κ2) is 6.21. The molecule has 1 saturated heterocycles. The smallest absolute Gasteiger partial charge is 0.242 e. The number of hydrogen-bond donors (Lipinski definition) is 1. The van der Waals surface area contributed by atoms with Crippen LogP contribution in [-0.2, 0) is 9.59 Å². The maximum Gasteiger partial charge on any atom is 0.242 e. The average molecular weight is 262 g/mol. The predicted molar refractivity (Wildman–Crippen MR) is 67.1 cm³/mol. The van der Waals surface area contributed by atoms with Crippen molar-refractivity contribution in [2.75, 3.05) is 32.7 Å². The van der Waals surface area contributed by atoms with Gasteiger partial charge in [-0.05, 0) is 19.8 Å². The summed E-state index contributed by atoms with van der Waals surface area (Å²) in [6, 6.07) is 0.440. The van der Waals surface area contributed by atoms with Crippen LogP contribution in [-0.4, -0.2) is 60.4 Å². The molecule has 0 radical (unpaired) electrons. The van der Waals surface area contributed by atoms with Crippen molar-refractivity contribution in [1.82, 2.24) is 15.1 Å². The van der Waals surface area contributed by atoms with Gasteiger partial charge in [-0.3, -0.25) is 9.59 Å². The molecule has 1 N–H and O–H groups in total. The number of halogens is 1. The SMILES string of the molecule is CCN(C(=O)CN1CCNCC1=O)C1CC1.Cl. The van der Waals surface area contributed by atoms with Gasteiger partial charge >= 0.3 is 0 Å². The van der Waals surface area contributed by atoms with Crippen LogP contribution < -0.4 is 5.32 Å². The van der Waals surface area contributed by atoms with E-state index in [-0.39, 0.29) is 30.8 Å². The molecule has 17 heavy (non-hydrogen) atoms. The summed E-state index contributed by atoms with van der Waals surface area (Å²) < 4.78 is 0. The number of amides is 2.